The molecule has 5 heteroatoms. The fraction of sp³-hybridized carbons (Fsp3) is 0.385. The van der Waals surface area contributed by atoms with Crippen LogP contribution in [0.4, 0.5) is 5.69 Å². The first-order chi connectivity index (χ1) is 8.65. The van der Waals surface area contributed by atoms with E-state index in [0.717, 1.165) is 6.42 Å². The van der Waals surface area contributed by atoms with Crippen LogP contribution in [0.2, 0.25) is 0 Å². The van der Waals surface area contributed by atoms with Gasteiger partial charge in [-0.3, -0.25) is 9.59 Å². The van der Waals surface area contributed by atoms with Crippen molar-refractivity contribution in [3.8, 4) is 0 Å². The highest BCUT2D eigenvalue weighted by molar-refractivity contribution is 5.97. The van der Waals surface area contributed by atoms with Gasteiger partial charge in [0.05, 0.1) is 0 Å². The molecule has 1 rings (SSSR count). The number of carbonyl (C=O) groups excluding carboxylic acids is 1. The SMILES string of the molecule is NCCCCC(=O)N(CC(=O)O)c1ccccc1. The molecule has 0 unspecified atom stereocenters. The van der Waals surface area contributed by atoms with Crippen molar-refractivity contribution in [3.63, 3.8) is 0 Å². The van der Waals surface area contributed by atoms with Gasteiger partial charge < -0.3 is 15.7 Å². The molecule has 5 nitrogen and oxygen atoms in total. The van der Waals surface area contributed by atoms with Crippen LogP contribution < -0.4 is 10.6 Å². The maximum Gasteiger partial charge on any atom is 0.323 e. The van der Waals surface area contributed by atoms with Crippen LogP contribution in [-0.4, -0.2) is 30.1 Å². The largest absolute Gasteiger partial charge is 0.480 e. The topological polar surface area (TPSA) is 83.6 Å². The highest BCUT2D eigenvalue weighted by Gasteiger charge is 2.17. The van der Waals surface area contributed by atoms with E-state index in [1.165, 1.54) is 4.90 Å². The third-order valence-electron chi connectivity index (χ3n) is 2.51. The summed E-state index contributed by atoms with van der Waals surface area (Å²) in [7, 11) is 0. The van der Waals surface area contributed by atoms with Crippen LogP contribution in [0.3, 0.4) is 0 Å². The van der Waals surface area contributed by atoms with Crippen molar-refractivity contribution in [1.82, 2.24) is 0 Å². The van der Waals surface area contributed by atoms with E-state index in [1.807, 2.05) is 6.07 Å². The molecule has 0 heterocycles. The first-order valence-corrected chi connectivity index (χ1v) is 5.92. The number of para-hydroxylation sites is 1. The lowest BCUT2D eigenvalue weighted by Gasteiger charge is -2.20. The summed E-state index contributed by atoms with van der Waals surface area (Å²) in [5.74, 6) is -1.21. The molecule has 98 valence electrons. The molecule has 0 fully saturated rings. The Bertz CT molecular complexity index is 392. The number of nitrogens with two attached hydrogens (primary N) is 1. The number of benzene rings is 1. The average Bonchev–Trinajstić information content (AvgIpc) is 2.37. The molecule has 0 saturated heterocycles. The number of hydrogen-bond donors (Lipinski definition) is 2. The van der Waals surface area contributed by atoms with E-state index >= 15 is 0 Å². The smallest absolute Gasteiger partial charge is 0.323 e. The van der Waals surface area contributed by atoms with Crippen LogP contribution in [0.5, 0.6) is 0 Å². The van der Waals surface area contributed by atoms with Crippen molar-refractivity contribution < 1.29 is 14.7 Å². The first-order valence-electron chi connectivity index (χ1n) is 5.92. The Kier molecular flexibility index (Phi) is 5.87. The second-order valence-corrected chi connectivity index (χ2v) is 3.95. The molecule has 0 aliphatic rings. The van der Waals surface area contributed by atoms with Crippen molar-refractivity contribution in [1.29, 1.82) is 0 Å². The number of anilines is 1. The zero-order chi connectivity index (χ0) is 13.4. The van der Waals surface area contributed by atoms with Gasteiger partial charge in [-0.15, -0.1) is 0 Å². The van der Waals surface area contributed by atoms with Crippen LogP contribution in [0.25, 0.3) is 0 Å². The molecule has 1 aromatic rings. The molecular formula is C13H18N2O3. The van der Waals surface area contributed by atoms with E-state index in [9.17, 15) is 9.59 Å². The van der Waals surface area contributed by atoms with Gasteiger partial charge in [0.2, 0.25) is 5.91 Å². The lowest BCUT2D eigenvalue weighted by atomic mass is 10.2. The molecule has 1 aromatic carbocycles. The number of carboxylic acid groups (broad SMARTS) is 1. The van der Waals surface area contributed by atoms with E-state index in [0.29, 0.717) is 25.1 Å². The van der Waals surface area contributed by atoms with Gasteiger partial charge in [0.15, 0.2) is 0 Å². The minimum absolute atomic E-state index is 0.183. The highest BCUT2D eigenvalue weighted by atomic mass is 16.4. The monoisotopic (exact) mass is 250 g/mol. The number of amides is 1. The van der Waals surface area contributed by atoms with Gasteiger partial charge in [0.25, 0.3) is 0 Å². The maximum absolute atomic E-state index is 12.0. The van der Waals surface area contributed by atoms with Crippen LogP contribution >= 0.6 is 0 Å². The number of hydrogen-bond acceptors (Lipinski definition) is 3. The summed E-state index contributed by atoms with van der Waals surface area (Å²) in [6.45, 7) is 0.225. The van der Waals surface area contributed by atoms with E-state index < -0.39 is 5.97 Å². The molecule has 0 aliphatic heterocycles. The summed E-state index contributed by atoms with van der Waals surface area (Å²) < 4.78 is 0. The van der Waals surface area contributed by atoms with E-state index in [1.54, 1.807) is 24.3 Å². The number of unbranched alkanes of at least 4 members (excludes halogenated alkanes) is 1. The predicted molar refractivity (Wildman–Crippen MR) is 69.3 cm³/mol. The fourth-order valence-electron chi connectivity index (χ4n) is 1.62. The summed E-state index contributed by atoms with van der Waals surface area (Å²) in [6, 6.07) is 8.82. The molecule has 0 saturated carbocycles. The molecule has 3 N–H and O–H groups in total. The van der Waals surface area contributed by atoms with E-state index in [-0.39, 0.29) is 12.5 Å². The number of aliphatic carboxylic acids is 1. The van der Waals surface area contributed by atoms with Crippen LogP contribution in [0, 0.1) is 0 Å². The Labute approximate surface area is 106 Å². The summed E-state index contributed by atoms with van der Waals surface area (Å²) in [4.78, 5) is 24.1. The predicted octanol–water partition coefficient (Wildman–Crippen LogP) is 1.23. The molecule has 0 spiro atoms. The Hall–Kier alpha value is -1.88. The van der Waals surface area contributed by atoms with Gasteiger partial charge in [-0.25, -0.2) is 0 Å². The Balaban J connectivity index is 2.72. The van der Waals surface area contributed by atoms with Gasteiger partial charge in [0.1, 0.15) is 6.54 Å². The molecule has 0 radical (unpaired) electrons. The number of rotatable bonds is 7. The van der Waals surface area contributed by atoms with Crippen molar-refractivity contribution in [2.24, 2.45) is 5.73 Å². The van der Waals surface area contributed by atoms with Crippen molar-refractivity contribution in [2.75, 3.05) is 18.0 Å². The number of carboxylic acids is 1. The fourth-order valence-corrected chi connectivity index (χ4v) is 1.62. The third kappa shape index (κ3) is 4.55. The molecule has 0 atom stereocenters. The third-order valence-corrected chi connectivity index (χ3v) is 2.51. The lowest BCUT2D eigenvalue weighted by Crippen LogP contribution is -2.35. The van der Waals surface area contributed by atoms with E-state index in [2.05, 4.69) is 0 Å². The standard InChI is InChI=1S/C13H18N2O3/c14-9-5-4-8-12(16)15(10-13(17)18)11-6-2-1-3-7-11/h1-3,6-7H,4-5,8-10,14H2,(H,17,18). The van der Waals surface area contributed by atoms with Gasteiger partial charge in [-0.2, -0.15) is 0 Å². The van der Waals surface area contributed by atoms with Crippen LogP contribution in [-0.2, 0) is 9.59 Å². The molecular weight excluding hydrogens is 232 g/mol. The van der Waals surface area contributed by atoms with Crippen LogP contribution in [0.1, 0.15) is 19.3 Å². The zero-order valence-corrected chi connectivity index (χ0v) is 10.2. The van der Waals surface area contributed by atoms with Crippen LogP contribution in [0.15, 0.2) is 30.3 Å². The lowest BCUT2D eigenvalue weighted by molar-refractivity contribution is -0.136. The Morgan fingerprint density at radius 2 is 1.83 bits per heavy atom. The summed E-state index contributed by atoms with van der Waals surface area (Å²) in [5, 5.41) is 8.85. The quantitative estimate of drug-likeness (QED) is 0.713. The van der Waals surface area contributed by atoms with Gasteiger partial charge in [-0.1, -0.05) is 18.2 Å². The molecule has 0 aromatic heterocycles. The molecule has 0 aliphatic carbocycles. The van der Waals surface area contributed by atoms with Crippen molar-refractivity contribution in [3.05, 3.63) is 30.3 Å². The van der Waals surface area contributed by atoms with Gasteiger partial charge in [-0.05, 0) is 31.5 Å². The summed E-state index contributed by atoms with van der Waals surface area (Å²) in [6.07, 6.45) is 1.76. The zero-order valence-electron chi connectivity index (χ0n) is 10.2. The van der Waals surface area contributed by atoms with E-state index in [4.69, 9.17) is 10.8 Å². The maximum atomic E-state index is 12.0. The molecule has 1 amide bonds. The summed E-state index contributed by atoms with van der Waals surface area (Å²) >= 11 is 0. The summed E-state index contributed by atoms with van der Waals surface area (Å²) in [5.41, 5.74) is 5.97. The van der Waals surface area contributed by atoms with Crippen molar-refractivity contribution in [2.45, 2.75) is 19.3 Å². The minimum atomic E-state index is -1.02. The highest BCUT2D eigenvalue weighted by Crippen LogP contribution is 2.15. The second kappa shape index (κ2) is 7.45. The molecule has 18 heavy (non-hydrogen) atoms. The minimum Gasteiger partial charge on any atom is -0.480 e. The van der Waals surface area contributed by atoms with Gasteiger partial charge >= 0.3 is 5.97 Å². The van der Waals surface area contributed by atoms with Gasteiger partial charge in [0, 0.05) is 12.1 Å². The first kappa shape index (κ1) is 14.2. The average molecular weight is 250 g/mol. The normalized spacial score (nSPS) is 10.1. The molecule has 0 bridgehead atoms. The Morgan fingerprint density at radius 1 is 1.17 bits per heavy atom. The number of carbonyl (C=O) groups is 2. The Morgan fingerprint density at radius 3 is 2.39 bits per heavy atom. The number of nitrogens with zero attached hydrogens (tertiary/aromatic N) is 1. The second-order valence-electron chi connectivity index (χ2n) is 3.95. The van der Waals surface area contributed by atoms with Crippen molar-refractivity contribution >= 4 is 17.6 Å².